The molecule has 2 saturated heterocycles. The lowest BCUT2D eigenvalue weighted by atomic mass is 9.98. The summed E-state index contributed by atoms with van der Waals surface area (Å²) in [4.78, 5) is 14.0. The number of hydrogen-bond donors (Lipinski definition) is 3. The van der Waals surface area contributed by atoms with E-state index in [-0.39, 0.29) is 12.0 Å². The highest BCUT2D eigenvalue weighted by molar-refractivity contribution is 6.33. The molecule has 0 aromatic heterocycles. The van der Waals surface area contributed by atoms with Crippen molar-refractivity contribution in [1.29, 1.82) is 0 Å². The smallest absolute Gasteiger partial charge is 0.245 e. The van der Waals surface area contributed by atoms with Crippen molar-refractivity contribution in [3.05, 3.63) is 22.7 Å². The van der Waals surface area contributed by atoms with Gasteiger partial charge in [-0.05, 0) is 37.8 Å². The van der Waals surface area contributed by atoms with Crippen LogP contribution in [0, 0.1) is 0 Å². The Bertz CT molecular complexity index is 607. The number of nitrogens with zero attached hydrogens (tertiary/aromatic N) is 1. The Balaban J connectivity index is 1.74. The molecule has 3 heterocycles. The molecule has 3 atom stereocenters. The third kappa shape index (κ3) is 1.95. The molecule has 4 rings (SSSR count). The number of aliphatic hydroxyl groups is 1. The minimum absolute atomic E-state index is 0.185. The topological polar surface area (TPSA) is 78.6 Å². The molecule has 1 aromatic rings. The lowest BCUT2D eigenvalue weighted by molar-refractivity contribution is -0.116. The van der Waals surface area contributed by atoms with Gasteiger partial charge < -0.3 is 21.1 Å². The number of benzene rings is 1. The molecule has 0 spiro atoms. The van der Waals surface area contributed by atoms with Gasteiger partial charge in [-0.15, -0.1) is 0 Å². The third-order valence-electron chi connectivity index (χ3n) is 4.98. The third-order valence-corrected chi connectivity index (χ3v) is 5.28. The summed E-state index contributed by atoms with van der Waals surface area (Å²) in [5, 5.41) is 13.4. The normalized spacial score (nSPS) is 34.0. The highest BCUT2D eigenvalue weighted by atomic mass is 35.5. The SMILES string of the molecule is NC1C(=O)Nc2cc(N3C4CCC3CC(O)C4)c(Cl)cc21. The number of piperidine rings is 1. The number of fused-ring (bicyclic) bond motifs is 3. The van der Waals surface area contributed by atoms with Gasteiger partial charge in [0.25, 0.3) is 0 Å². The molecule has 0 saturated carbocycles. The van der Waals surface area contributed by atoms with Gasteiger partial charge in [0.05, 0.1) is 16.8 Å². The van der Waals surface area contributed by atoms with Crippen LogP contribution in [0.1, 0.15) is 37.3 Å². The number of halogens is 1. The first kappa shape index (κ1) is 13.4. The molecule has 3 aliphatic rings. The zero-order valence-corrected chi connectivity index (χ0v) is 12.3. The minimum Gasteiger partial charge on any atom is -0.393 e. The fourth-order valence-electron chi connectivity index (χ4n) is 4.03. The summed E-state index contributed by atoms with van der Waals surface area (Å²) in [6.45, 7) is 0. The molecule has 21 heavy (non-hydrogen) atoms. The summed E-state index contributed by atoms with van der Waals surface area (Å²) >= 11 is 6.45. The van der Waals surface area contributed by atoms with Gasteiger partial charge in [-0.3, -0.25) is 4.79 Å². The molecular formula is C15H18ClN3O2. The van der Waals surface area contributed by atoms with Gasteiger partial charge in [-0.25, -0.2) is 0 Å². The van der Waals surface area contributed by atoms with Crippen LogP contribution in [0.25, 0.3) is 0 Å². The van der Waals surface area contributed by atoms with Crippen LogP contribution in [0.4, 0.5) is 11.4 Å². The number of rotatable bonds is 1. The second kappa shape index (κ2) is 4.60. The van der Waals surface area contributed by atoms with E-state index in [0.29, 0.717) is 17.1 Å². The second-order valence-electron chi connectivity index (χ2n) is 6.28. The van der Waals surface area contributed by atoms with Crippen molar-refractivity contribution in [2.24, 2.45) is 5.73 Å². The lowest BCUT2D eigenvalue weighted by Crippen LogP contribution is -2.45. The zero-order valence-electron chi connectivity index (χ0n) is 11.6. The van der Waals surface area contributed by atoms with E-state index in [1.165, 1.54) is 0 Å². The van der Waals surface area contributed by atoms with Gasteiger partial charge >= 0.3 is 0 Å². The van der Waals surface area contributed by atoms with Gasteiger partial charge in [-0.1, -0.05) is 11.6 Å². The number of aliphatic hydroxyl groups excluding tert-OH is 1. The van der Waals surface area contributed by atoms with Crippen molar-refractivity contribution in [2.45, 2.75) is 49.9 Å². The molecule has 0 radical (unpaired) electrons. The maximum Gasteiger partial charge on any atom is 0.245 e. The minimum atomic E-state index is -0.633. The molecule has 112 valence electrons. The molecule has 5 nitrogen and oxygen atoms in total. The molecule has 6 heteroatoms. The van der Waals surface area contributed by atoms with Crippen LogP contribution >= 0.6 is 11.6 Å². The largest absolute Gasteiger partial charge is 0.393 e. The number of hydrogen-bond acceptors (Lipinski definition) is 4. The van der Waals surface area contributed by atoms with E-state index >= 15 is 0 Å². The summed E-state index contributed by atoms with van der Waals surface area (Å²) in [5.74, 6) is -0.185. The quantitative estimate of drug-likeness (QED) is 0.739. The van der Waals surface area contributed by atoms with Gasteiger partial charge in [0, 0.05) is 23.3 Å². The van der Waals surface area contributed by atoms with Crippen LogP contribution < -0.4 is 16.0 Å². The van der Waals surface area contributed by atoms with Crippen molar-refractivity contribution in [1.82, 2.24) is 0 Å². The summed E-state index contributed by atoms with van der Waals surface area (Å²) in [6, 6.07) is 3.77. The predicted octanol–water partition coefficient (Wildman–Crippen LogP) is 1.78. The van der Waals surface area contributed by atoms with Crippen LogP contribution in [-0.4, -0.2) is 29.2 Å². The van der Waals surface area contributed by atoms with Crippen LogP contribution in [0.5, 0.6) is 0 Å². The molecule has 4 N–H and O–H groups in total. The van der Waals surface area contributed by atoms with Crippen molar-refractivity contribution in [2.75, 3.05) is 10.2 Å². The molecule has 2 bridgehead atoms. The number of nitrogens with two attached hydrogens (primary N) is 1. The Morgan fingerprint density at radius 3 is 2.62 bits per heavy atom. The molecular weight excluding hydrogens is 290 g/mol. The predicted molar refractivity (Wildman–Crippen MR) is 81.5 cm³/mol. The Morgan fingerprint density at radius 2 is 1.95 bits per heavy atom. The fraction of sp³-hybridized carbons (Fsp3) is 0.533. The van der Waals surface area contributed by atoms with E-state index in [9.17, 15) is 9.90 Å². The second-order valence-corrected chi connectivity index (χ2v) is 6.68. The first-order chi connectivity index (χ1) is 10.0. The van der Waals surface area contributed by atoms with Crippen LogP contribution in [-0.2, 0) is 4.79 Å². The summed E-state index contributed by atoms with van der Waals surface area (Å²) in [5.41, 5.74) is 8.33. The number of carbonyl (C=O) groups is 1. The first-order valence-corrected chi connectivity index (χ1v) is 7.78. The van der Waals surface area contributed by atoms with E-state index < -0.39 is 6.04 Å². The van der Waals surface area contributed by atoms with Crippen molar-refractivity contribution < 1.29 is 9.90 Å². The number of amides is 1. The Hall–Kier alpha value is -1.30. The average molecular weight is 308 g/mol. The monoisotopic (exact) mass is 307 g/mol. The van der Waals surface area contributed by atoms with Gasteiger partial charge in [0.2, 0.25) is 5.91 Å². The Labute approximate surface area is 128 Å². The van der Waals surface area contributed by atoms with Crippen LogP contribution in [0.3, 0.4) is 0 Å². The fourth-order valence-corrected chi connectivity index (χ4v) is 4.30. The highest BCUT2D eigenvalue weighted by Crippen LogP contribution is 2.45. The summed E-state index contributed by atoms with van der Waals surface area (Å²) in [6.07, 6.45) is 3.54. The Morgan fingerprint density at radius 1 is 1.29 bits per heavy atom. The summed E-state index contributed by atoms with van der Waals surface area (Å²) < 4.78 is 0. The number of carbonyl (C=O) groups excluding carboxylic acids is 1. The van der Waals surface area contributed by atoms with Crippen molar-refractivity contribution >= 4 is 28.9 Å². The molecule has 2 fully saturated rings. The molecule has 3 aliphatic heterocycles. The first-order valence-electron chi connectivity index (χ1n) is 7.41. The maximum atomic E-state index is 11.7. The molecule has 0 aliphatic carbocycles. The van der Waals surface area contributed by atoms with Crippen LogP contribution in [0.15, 0.2) is 12.1 Å². The van der Waals surface area contributed by atoms with Crippen LogP contribution in [0.2, 0.25) is 5.02 Å². The summed E-state index contributed by atoms with van der Waals surface area (Å²) in [7, 11) is 0. The Kier molecular flexibility index (Phi) is 2.93. The van der Waals surface area contributed by atoms with E-state index in [1.54, 1.807) is 6.07 Å². The average Bonchev–Trinajstić information content (AvgIpc) is 2.85. The van der Waals surface area contributed by atoms with Gasteiger partial charge in [-0.2, -0.15) is 0 Å². The standard InChI is InChI=1S/C15H18ClN3O2/c16-11-5-10-12(18-15(21)14(10)17)6-13(11)19-7-1-2-8(19)4-9(20)3-7/h5-9,14,20H,1-4,17H2,(H,18,21). The lowest BCUT2D eigenvalue weighted by Gasteiger charge is -2.39. The van der Waals surface area contributed by atoms with E-state index in [4.69, 9.17) is 17.3 Å². The van der Waals surface area contributed by atoms with Gasteiger partial charge in [0.15, 0.2) is 0 Å². The molecule has 1 amide bonds. The molecule has 3 unspecified atom stereocenters. The zero-order chi connectivity index (χ0) is 14.7. The van der Waals surface area contributed by atoms with Crippen molar-refractivity contribution in [3.8, 4) is 0 Å². The van der Waals surface area contributed by atoms with Crippen molar-refractivity contribution in [3.63, 3.8) is 0 Å². The number of anilines is 2. The highest BCUT2D eigenvalue weighted by Gasteiger charge is 2.41. The maximum absolute atomic E-state index is 11.7. The van der Waals surface area contributed by atoms with Gasteiger partial charge in [0.1, 0.15) is 6.04 Å². The van der Waals surface area contributed by atoms with E-state index in [1.807, 2.05) is 6.07 Å². The molecule has 1 aromatic carbocycles. The number of nitrogens with one attached hydrogen (secondary N) is 1. The van der Waals surface area contributed by atoms with E-state index in [2.05, 4.69) is 10.2 Å². The van der Waals surface area contributed by atoms with E-state index in [0.717, 1.165) is 42.6 Å².